The summed E-state index contributed by atoms with van der Waals surface area (Å²) in [4.78, 5) is 0. The van der Waals surface area contributed by atoms with Crippen molar-refractivity contribution < 1.29 is 4.42 Å². The van der Waals surface area contributed by atoms with Crippen molar-refractivity contribution in [2.75, 3.05) is 0 Å². The molecule has 50 heavy (non-hydrogen) atoms. The lowest BCUT2D eigenvalue weighted by Gasteiger charge is -2.13. The number of rotatable bonds is 3. The Hall–Kier alpha value is -6.58. The third-order valence-corrected chi connectivity index (χ3v) is 10.6. The van der Waals surface area contributed by atoms with Gasteiger partial charge in [0.25, 0.3) is 0 Å². The summed E-state index contributed by atoms with van der Waals surface area (Å²) < 4.78 is 11.5. The summed E-state index contributed by atoms with van der Waals surface area (Å²) in [5.74, 6) is 0. The fourth-order valence-electron chi connectivity index (χ4n) is 8.29. The van der Waals surface area contributed by atoms with Crippen molar-refractivity contribution in [3.05, 3.63) is 181 Å². The van der Waals surface area contributed by atoms with Gasteiger partial charge in [0, 0.05) is 38.0 Å². The predicted molar refractivity (Wildman–Crippen MR) is 210 cm³/mol. The topological polar surface area (TPSA) is 23.0 Å². The van der Waals surface area contributed by atoms with Crippen molar-refractivity contribution in [1.82, 2.24) is 9.13 Å². The van der Waals surface area contributed by atoms with E-state index in [9.17, 15) is 0 Å². The maximum absolute atomic E-state index is 6.65. The minimum Gasteiger partial charge on any atom is -0.454 e. The van der Waals surface area contributed by atoms with Crippen LogP contribution in [0.5, 0.6) is 0 Å². The quantitative estimate of drug-likeness (QED) is 0.189. The Morgan fingerprint density at radius 3 is 1.90 bits per heavy atom. The summed E-state index contributed by atoms with van der Waals surface area (Å²) in [5, 5.41) is 7.15. The van der Waals surface area contributed by atoms with E-state index in [2.05, 4.69) is 173 Å². The molecule has 0 saturated heterocycles. The monoisotopic (exact) mass is 638 g/mol. The van der Waals surface area contributed by atoms with Gasteiger partial charge in [-0.3, -0.25) is 0 Å². The Bertz CT molecular complexity index is 3050. The van der Waals surface area contributed by atoms with Gasteiger partial charge in [0.1, 0.15) is 5.58 Å². The third-order valence-electron chi connectivity index (χ3n) is 10.6. The van der Waals surface area contributed by atoms with E-state index in [-0.39, 0.29) is 0 Å². The molecule has 0 radical (unpaired) electrons. The molecule has 3 heterocycles. The molecule has 0 saturated carbocycles. The van der Waals surface area contributed by atoms with Gasteiger partial charge in [-0.1, -0.05) is 133 Å². The van der Waals surface area contributed by atoms with E-state index < -0.39 is 0 Å². The lowest BCUT2D eigenvalue weighted by Crippen LogP contribution is -1.99. The highest BCUT2D eigenvalue weighted by Crippen LogP contribution is 2.43. The van der Waals surface area contributed by atoms with Gasteiger partial charge in [0.2, 0.25) is 0 Å². The number of benzene rings is 7. The molecule has 3 nitrogen and oxygen atoms in total. The average Bonchev–Trinajstić information content (AvgIpc) is 3.77. The van der Waals surface area contributed by atoms with E-state index in [4.69, 9.17) is 4.42 Å². The standard InChI is InChI=1S/C47H30N2O/c1-2-11-31-21-23-32(22-20-30(31)10-1)33-24-26-34(27-25-33)48-41-16-6-3-12-35(41)38-28-29-39-36-13-4-7-17-42(36)49(46(39)45(38)48)43-18-9-15-40-37-14-5-8-19-44(37)50-47(40)43/h1-20,22-29H,21H2. The Morgan fingerprint density at radius 1 is 0.460 bits per heavy atom. The largest absolute Gasteiger partial charge is 0.454 e. The van der Waals surface area contributed by atoms with Crippen molar-refractivity contribution in [3.8, 4) is 11.4 Å². The second kappa shape index (κ2) is 10.5. The highest BCUT2D eigenvalue weighted by atomic mass is 16.3. The van der Waals surface area contributed by atoms with Crippen molar-refractivity contribution in [2.24, 2.45) is 0 Å². The molecular weight excluding hydrogens is 609 g/mol. The van der Waals surface area contributed by atoms with E-state index in [0.29, 0.717) is 0 Å². The Kier molecular flexibility index (Phi) is 5.73. The first kappa shape index (κ1) is 27.4. The van der Waals surface area contributed by atoms with E-state index in [1.165, 1.54) is 60.4 Å². The van der Waals surface area contributed by atoms with Crippen molar-refractivity contribution in [2.45, 2.75) is 6.42 Å². The molecule has 0 unspecified atom stereocenters. The van der Waals surface area contributed by atoms with E-state index in [0.717, 1.165) is 45.3 Å². The summed E-state index contributed by atoms with van der Waals surface area (Å²) in [6.45, 7) is 0. The van der Waals surface area contributed by atoms with Gasteiger partial charge in [-0.2, -0.15) is 0 Å². The number of hydrogen-bond donors (Lipinski definition) is 0. The molecule has 0 aliphatic heterocycles. The fourth-order valence-corrected chi connectivity index (χ4v) is 8.29. The van der Waals surface area contributed by atoms with Crippen LogP contribution in [0.2, 0.25) is 0 Å². The first-order chi connectivity index (χ1) is 24.8. The van der Waals surface area contributed by atoms with Gasteiger partial charge in [-0.15, -0.1) is 0 Å². The minimum absolute atomic E-state index is 0.896. The van der Waals surface area contributed by atoms with Gasteiger partial charge in [0.15, 0.2) is 5.58 Å². The molecule has 0 amide bonds. The molecule has 10 aromatic rings. The molecule has 0 fully saturated rings. The zero-order chi connectivity index (χ0) is 32.8. The summed E-state index contributed by atoms with van der Waals surface area (Å²) in [6, 6.07) is 54.8. The number of aromatic nitrogens is 2. The first-order valence-corrected chi connectivity index (χ1v) is 17.2. The van der Waals surface area contributed by atoms with Crippen LogP contribution < -0.4 is 0 Å². The maximum atomic E-state index is 6.65. The van der Waals surface area contributed by atoms with Crippen LogP contribution in [-0.2, 0) is 6.42 Å². The van der Waals surface area contributed by atoms with Gasteiger partial charge in [0.05, 0.1) is 27.8 Å². The summed E-state index contributed by atoms with van der Waals surface area (Å²) in [7, 11) is 0. The first-order valence-electron chi connectivity index (χ1n) is 17.2. The van der Waals surface area contributed by atoms with Crippen molar-refractivity contribution in [1.29, 1.82) is 0 Å². The molecule has 0 bridgehead atoms. The summed E-state index contributed by atoms with van der Waals surface area (Å²) in [5.41, 5.74) is 13.8. The number of furan rings is 1. The summed E-state index contributed by atoms with van der Waals surface area (Å²) in [6.07, 6.45) is 7.77. The Morgan fingerprint density at radius 2 is 1.10 bits per heavy atom. The SMILES string of the molecule is C1=Cc2ccccc2CC=C1c1ccc(-n2c3ccccc3c3ccc4c5ccccc5n(-c5cccc6c5oc5ccccc56)c4c32)cc1. The molecule has 234 valence electrons. The highest BCUT2D eigenvalue weighted by Gasteiger charge is 2.23. The minimum atomic E-state index is 0.896. The average molecular weight is 639 g/mol. The van der Waals surface area contributed by atoms with E-state index >= 15 is 0 Å². The summed E-state index contributed by atoms with van der Waals surface area (Å²) >= 11 is 0. The molecule has 0 N–H and O–H groups in total. The van der Waals surface area contributed by atoms with Crippen LogP contribution in [0.25, 0.3) is 88.6 Å². The predicted octanol–water partition coefficient (Wildman–Crippen LogP) is 12.4. The second-order valence-electron chi connectivity index (χ2n) is 13.3. The Labute approximate surface area is 288 Å². The molecule has 0 atom stereocenters. The molecular formula is C47H30N2O. The number of fused-ring (bicyclic) bond motifs is 11. The molecule has 1 aliphatic carbocycles. The van der Waals surface area contributed by atoms with Crippen LogP contribution in [0.15, 0.2) is 168 Å². The molecule has 3 aromatic heterocycles. The molecule has 11 rings (SSSR count). The van der Waals surface area contributed by atoms with Gasteiger partial charge >= 0.3 is 0 Å². The van der Waals surface area contributed by atoms with Gasteiger partial charge in [-0.25, -0.2) is 0 Å². The van der Waals surface area contributed by atoms with Crippen LogP contribution in [0, 0.1) is 0 Å². The van der Waals surface area contributed by atoms with E-state index in [1.54, 1.807) is 0 Å². The normalized spacial score (nSPS) is 13.2. The van der Waals surface area contributed by atoms with Gasteiger partial charge in [-0.05, 0) is 65.1 Å². The van der Waals surface area contributed by atoms with Crippen LogP contribution in [0.4, 0.5) is 0 Å². The number of nitrogens with zero attached hydrogens (tertiary/aromatic N) is 2. The number of para-hydroxylation sites is 4. The maximum Gasteiger partial charge on any atom is 0.159 e. The third kappa shape index (κ3) is 3.86. The molecule has 7 aromatic carbocycles. The number of hydrogen-bond acceptors (Lipinski definition) is 1. The van der Waals surface area contributed by atoms with Crippen LogP contribution >= 0.6 is 0 Å². The molecule has 3 heteroatoms. The zero-order valence-electron chi connectivity index (χ0n) is 27.2. The highest BCUT2D eigenvalue weighted by molar-refractivity contribution is 6.24. The lowest BCUT2D eigenvalue weighted by molar-refractivity contribution is 0.666. The smallest absolute Gasteiger partial charge is 0.159 e. The van der Waals surface area contributed by atoms with Gasteiger partial charge < -0.3 is 13.6 Å². The van der Waals surface area contributed by atoms with Crippen LogP contribution in [-0.4, -0.2) is 9.13 Å². The fraction of sp³-hybridized carbons (Fsp3) is 0.0213. The van der Waals surface area contributed by atoms with E-state index in [1.807, 2.05) is 6.07 Å². The molecule has 0 spiro atoms. The number of allylic oxidation sites excluding steroid dienone is 3. The van der Waals surface area contributed by atoms with Crippen LogP contribution in [0.1, 0.15) is 16.7 Å². The Balaban J connectivity index is 1.20. The zero-order valence-corrected chi connectivity index (χ0v) is 27.2. The van der Waals surface area contributed by atoms with Crippen molar-refractivity contribution >= 4 is 77.2 Å². The second-order valence-corrected chi connectivity index (χ2v) is 13.3. The molecule has 1 aliphatic rings. The van der Waals surface area contributed by atoms with Crippen LogP contribution in [0.3, 0.4) is 0 Å². The van der Waals surface area contributed by atoms with Crippen molar-refractivity contribution in [3.63, 3.8) is 0 Å². The lowest BCUT2D eigenvalue weighted by atomic mass is 10.0.